The Morgan fingerprint density at radius 1 is 1.00 bits per heavy atom. The predicted octanol–water partition coefficient (Wildman–Crippen LogP) is 3.68. The van der Waals surface area contributed by atoms with Crippen LogP contribution in [0.2, 0.25) is 0 Å². The largest absolute Gasteiger partial charge is 0.397 e. The quantitative estimate of drug-likeness (QED) is 0.844. The van der Waals surface area contributed by atoms with Crippen LogP contribution in [0.1, 0.15) is 27.8 Å². The number of amides is 1. The number of carbonyl (C=O) groups is 1. The van der Waals surface area contributed by atoms with Gasteiger partial charge in [0.25, 0.3) is 0 Å². The molecule has 0 unspecified atom stereocenters. The maximum absolute atomic E-state index is 12.2. The Morgan fingerprint density at radius 3 is 2.38 bits per heavy atom. The summed E-state index contributed by atoms with van der Waals surface area (Å²) in [6.07, 6.45) is 0.361. The van der Waals surface area contributed by atoms with E-state index in [2.05, 4.69) is 17.4 Å². The van der Waals surface area contributed by atoms with Crippen LogP contribution >= 0.6 is 0 Å². The third-order valence-electron chi connectivity index (χ3n) is 3.80. The lowest BCUT2D eigenvalue weighted by atomic mass is 10.0. The van der Waals surface area contributed by atoms with Crippen LogP contribution in [0.5, 0.6) is 0 Å². The van der Waals surface area contributed by atoms with Gasteiger partial charge in [0.05, 0.1) is 17.8 Å². The van der Waals surface area contributed by atoms with E-state index >= 15 is 0 Å². The first-order chi connectivity index (χ1) is 9.86. The monoisotopic (exact) mass is 282 g/mol. The first-order valence-corrected chi connectivity index (χ1v) is 7.09. The van der Waals surface area contributed by atoms with Crippen molar-refractivity contribution in [2.75, 3.05) is 11.1 Å². The third-order valence-corrected chi connectivity index (χ3v) is 3.80. The second kappa shape index (κ2) is 6.00. The number of nitrogens with one attached hydrogen (secondary N) is 1. The molecule has 2 aromatic carbocycles. The molecule has 0 aromatic heterocycles. The van der Waals surface area contributed by atoms with Gasteiger partial charge in [0, 0.05) is 0 Å². The molecular formula is C18H22N2O. The van der Waals surface area contributed by atoms with E-state index in [-0.39, 0.29) is 5.91 Å². The number of benzene rings is 2. The number of anilines is 2. The predicted molar refractivity (Wildman–Crippen MR) is 88.6 cm³/mol. The summed E-state index contributed by atoms with van der Waals surface area (Å²) < 4.78 is 0. The normalized spacial score (nSPS) is 10.5. The Bertz CT molecular complexity index is 690. The lowest BCUT2D eigenvalue weighted by Crippen LogP contribution is -2.16. The van der Waals surface area contributed by atoms with E-state index in [0.717, 1.165) is 27.8 Å². The first-order valence-electron chi connectivity index (χ1n) is 7.09. The molecule has 0 heterocycles. The van der Waals surface area contributed by atoms with Gasteiger partial charge in [-0.3, -0.25) is 4.79 Å². The number of nitrogens with two attached hydrogens (primary N) is 1. The summed E-state index contributed by atoms with van der Waals surface area (Å²) in [6, 6.07) is 9.97. The fourth-order valence-electron chi connectivity index (χ4n) is 2.30. The van der Waals surface area contributed by atoms with Crippen molar-refractivity contribution in [3.63, 3.8) is 0 Å². The maximum Gasteiger partial charge on any atom is 0.228 e. The lowest BCUT2D eigenvalue weighted by molar-refractivity contribution is -0.115. The van der Waals surface area contributed by atoms with E-state index in [1.165, 1.54) is 0 Å². The Morgan fingerprint density at radius 2 is 1.67 bits per heavy atom. The Labute approximate surface area is 126 Å². The van der Waals surface area contributed by atoms with Crippen molar-refractivity contribution in [2.24, 2.45) is 0 Å². The number of carbonyl (C=O) groups excluding carboxylic acids is 1. The summed E-state index contributed by atoms with van der Waals surface area (Å²) >= 11 is 0. The minimum atomic E-state index is -0.0429. The standard InChI is InChI=1S/C18H22N2O/c1-11-5-6-12(2)15(7-11)10-18(21)20-17-9-14(4)13(3)8-16(17)19/h5-9H,10,19H2,1-4H3,(H,20,21). The van der Waals surface area contributed by atoms with Crippen LogP contribution in [0.25, 0.3) is 0 Å². The molecule has 2 rings (SSSR count). The summed E-state index contributed by atoms with van der Waals surface area (Å²) in [6.45, 7) is 8.07. The lowest BCUT2D eigenvalue weighted by Gasteiger charge is -2.12. The molecule has 0 saturated carbocycles. The zero-order chi connectivity index (χ0) is 15.6. The minimum absolute atomic E-state index is 0.0429. The van der Waals surface area contributed by atoms with Gasteiger partial charge in [-0.1, -0.05) is 23.8 Å². The van der Waals surface area contributed by atoms with E-state index in [9.17, 15) is 4.79 Å². The van der Waals surface area contributed by atoms with Crippen LogP contribution < -0.4 is 11.1 Å². The molecule has 0 saturated heterocycles. The minimum Gasteiger partial charge on any atom is -0.397 e. The molecule has 1 amide bonds. The molecule has 0 radical (unpaired) electrons. The number of hydrogen-bond donors (Lipinski definition) is 2. The molecule has 0 fully saturated rings. The van der Waals surface area contributed by atoms with Gasteiger partial charge in [0.15, 0.2) is 0 Å². The number of aryl methyl sites for hydroxylation is 4. The molecule has 3 heteroatoms. The van der Waals surface area contributed by atoms with Crippen molar-refractivity contribution >= 4 is 17.3 Å². The maximum atomic E-state index is 12.2. The molecule has 2 aromatic rings. The van der Waals surface area contributed by atoms with Crippen molar-refractivity contribution in [3.05, 3.63) is 58.1 Å². The van der Waals surface area contributed by atoms with Gasteiger partial charge in [0.1, 0.15) is 0 Å². The molecule has 0 atom stereocenters. The zero-order valence-corrected chi connectivity index (χ0v) is 13.1. The summed E-state index contributed by atoms with van der Waals surface area (Å²) in [5.41, 5.74) is 12.8. The second-order valence-electron chi connectivity index (χ2n) is 5.68. The average molecular weight is 282 g/mol. The number of hydrogen-bond acceptors (Lipinski definition) is 2. The van der Waals surface area contributed by atoms with Crippen molar-refractivity contribution in [2.45, 2.75) is 34.1 Å². The topological polar surface area (TPSA) is 55.1 Å². The summed E-state index contributed by atoms with van der Waals surface area (Å²) in [4.78, 5) is 12.2. The molecule has 0 aliphatic carbocycles. The highest BCUT2D eigenvalue weighted by atomic mass is 16.1. The smallest absolute Gasteiger partial charge is 0.228 e. The van der Waals surface area contributed by atoms with Crippen LogP contribution in [0.15, 0.2) is 30.3 Å². The highest BCUT2D eigenvalue weighted by Crippen LogP contribution is 2.23. The van der Waals surface area contributed by atoms with Gasteiger partial charge in [-0.2, -0.15) is 0 Å². The van der Waals surface area contributed by atoms with Crippen LogP contribution in [0.3, 0.4) is 0 Å². The highest BCUT2D eigenvalue weighted by Gasteiger charge is 2.09. The highest BCUT2D eigenvalue weighted by molar-refractivity contribution is 5.95. The van der Waals surface area contributed by atoms with Crippen LogP contribution in [0, 0.1) is 27.7 Å². The summed E-state index contributed by atoms with van der Waals surface area (Å²) in [5.74, 6) is -0.0429. The Kier molecular flexibility index (Phi) is 4.32. The van der Waals surface area contributed by atoms with Crippen molar-refractivity contribution in [3.8, 4) is 0 Å². The SMILES string of the molecule is Cc1ccc(C)c(CC(=O)Nc2cc(C)c(C)cc2N)c1. The molecule has 0 bridgehead atoms. The summed E-state index contributed by atoms with van der Waals surface area (Å²) in [5, 5.41) is 2.91. The Balaban J connectivity index is 2.15. The van der Waals surface area contributed by atoms with Crippen LogP contribution in [0.4, 0.5) is 11.4 Å². The van der Waals surface area contributed by atoms with E-state index < -0.39 is 0 Å². The van der Waals surface area contributed by atoms with Crippen molar-refractivity contribution in [1.82, 2.24) is 0 Å². The van der Waals surface area contributed by atoms with Crippen molar-refractivity contribution < 1.29 is 4.79 Å². The van der Waals surface area contributed by atoms with Crippen LogP contribution in [-0.4, -0.2) is 5.91 Å². The molecule has 3 N–H and O–H groups in total. The fourth-order valence-corrected chi connectivity index (χ4v) is 2.30. The molecule has 0 aliphatic heterocycles. The molecule has 110 valence electrons. The van der Waals surface area contributed by atoms with E-state index in [4.69, 9.17) is 5.73 Å². The number of rotatable bonds is 3. The molecule has 3 nitrogen and oxygen atoms in total. The zero-order valence-electron chi connectivity index (χ0n) is 13.1. The van der Waals surface area contributed by atoms with E-state index in [0.29, 0.717) is 17.8 Å². The van der Waals surface area contributed by atoms with Crippen molar-refractivity contribution in [1.29, 1.82) is 0 Å². The van der Waals surface area contributed by atoms with E-state index in [1.54, 1.807) is 0 Å². The second-order valence-corrected chi connectivity index (χ2v) is 5.68. The summed E-state index contributed by atoms with van der Waals surface area (Å²) in [7, 11) is 0. The van der Waals surface area contributed by atoms with Gasteiger partial charge in [-0.15, -0.1) is 0 Å². The molecular weight excluding hydrogens is 260 g/mol. The van der Waals surface area contributed by atoms with Gasteiger partial charge >= 0.3 is 0 Å². The fraction of sp³-hybridized carbons (Fsp3) is 0.278. The molecule has 21 heavy (non-hydrogen) atoms. The molecule has 0 spiro atoms. The van der Waals surface area contributed by atoms with Gasteiger partial charge < -0.3 is 11.1 Å². The van der Waals surface area contributed by atoms with Gasteiger partial charge in [-0.25, -0.2) is 0 Å². The van der Waals surface area contributed by atoms with Gasteiger partial charge in [-0.05, 0) is 62.1 Å². The number of nitrogen functional groups attached to an aromatic ring is 1. The average Bonchev–Trinajstić information content (AvgIpc) is 2.40. The first kappa shape index (κ1) is 15.1. The van der Waals surface area contributed by atoms with Crippen LogP contribution in [-0.2, 0) is 11.2 Å². The molecule has 0 aliphatic rings. The Hall–Kier alpha value is -2.29. The van der Waals surface area contributed by atoms with Gasteiger partial charge in [0.2, 0.25) is 5.91 Å². The van der Waals surface area contributed by atoms with E-state index in [1.807, 2.05) is 45.9 Å². The third kappa shape index (κ3) is 3.63.